The molecular weight excluding hydrogens is 479 g/mol. The van der Waals surface area contributed by atoms with Gasteiger partial charge in [-0.15, -0.1) is 0 Å². The van der Waals surface area contributed by atoms with Gasteiger partial charge in [0.2, 0.25) is 0 Å². The Labute approximate surface area is 206 Å². The van der Waals surface area contributed by atoms with Crippen LogP contribution in [0.5, 0.6) is 11.5 Å². The van der Waals surface area contributed by atoms with Crippen molar-refractivity contribution in [3.8, 4) is 11.5 Å². The molecular formula is C25H20Cl2N2O5. The summed E-state index contributed by atoms with van der Waals surface area (Å²) in [4.78, 5) is 24.9. The largest absolute Gasteiger partial charge is 0.490 e. The first-order valence-corrected chi connectivity index (χ1v) is 11.2. The van der Waals surface area contributed by atoms with Crippen LogP contribution in [0, 0.1) is 0 Å². The second-order valence-electron chi connectivity index (χ2n) is 7.33. The molecule has 0 aromatic heterocycles. The quantitative estimate of drug-likeness (QED) is 0.204. The van der Waals surface area contributed by atoms with Crippen molar-refractivity contribution >= 4 is 41.3 Å². The van der Waals surface area contributed by atoms with E-state index in [0.717, 1.165) is 11.1 Å². The maximum absolute atomic E-state index is 12.6. The summed E-state index contributed by atoms with van der Waals surface area (Å²) < 4.78 is 16.5. The number of hydrogen-bond acceptors (Lipinski definition) is 6. The molecule has 0 atom stereocenters. The Morgan fingerprint density at radius 2 is 1.85 bits per heavy atom. The van der Waals surface area contributed by atoms with E-state index in [9.17, 15) is 9.59 Å². The Balaban J connectivity index is 1.44. The third-order valence-corrected chi connectivity index (χ3v) is 5.53. The lowest BCUT2D eigenvalue weighted by Crippen LogP contribution is -2.17. The number of benzene rings is 3. The van der Waals surface area contributed by atoms with Crippen molar-refractivity contribution in [1.82, 2.24) is 5.43 Å². The number of rotatable bonds is 7. The minimum Gasteiger partial charge on any atom is -0.490 e. The van der Waals surface area contributed by atoms with Crippen LogP contribution < -0.4 is 14.9 Å². The number of carbonyl (C=O) groups is 2. The Morgan fingerprint density at radius 3 is 2.65 bits per heavy atom. The molecule has 0 spiro atoms. The molecule has 7 nitrogen and oxygen atoms in total. The zero-order valence-corrected chi connectivity index (χ0v) is 19.7. The average molecular weight is 499 g/mol. The monoisotopic (exact) mass is 498 g/mol. The summed E-state index contributed by atoms with van der Waals surface area (Å²) in [6.45, 7) is 3.23. The van der Waals surface area contributed by atoms with E-state index >= 15 is 0 Å². The van der Waals surface area contributed by atoms with Crippen molar-refractivity contribution in [2.75, 3.05) is 6.61 Å². The van der Waals surface area contributed by atoms with Gasteiger partial charge in [0.1, 0.15) is 0 Å². The predicted molar refractivity (Wildman–Crippen MR) is 129 cm³/mol. The maximum atomic E-state index is 12.6. The second-order valence-corrected chi connectivity index (χ2v) is 8.17. The number of hydrazone groups is 1. The van der Waals surface area contributed by atoms with Gasteiger partial charge in [0.05, 0.1) is 36.6 Å². The summed E-state index contributed by atoms with van der Waals surface area (Å²) in [5, 5.41) is 4.62. The van der Waals surface area contributed by atoms with Gasteiger partial charge in [-0.05, 0) is 72.1 Å². The van der Waals surface area contributed by atoms with E-state index in [1.165, 1.54) is 18.3 Å². The summed E-state index contributed by atoms with van der Waals surface area (Å²) in [7, 11) is 0. The number of nitrogens with one attached hydrogen (secondary N) is 1. The summed E-state index contributed by atoms with van der Waals surface area (Å²) in [6, 6.07) is 14.8. The third-order valence-electron chi connectivity index (χ3n) is 4.98. The lowest BCUT2D eigenvalue weighted by Gasteiger charge is -2.12. The van der Waals surface area contributed by atoms with Crippen LogP contribution in [0.4, 0.5) is 0 Å². The highest BCUT2D eigenvalue weighted by molar-refractivity contribution is 6.36. The molecule has 3 aromatic rings. The van der Waals surface area contributed by atoms with Crippen molar-refractivity contribution in [3.05, 3.63) is 92.5 Å². The lowest BCUT2D eigenvalue weighted by molar-refractivity contribution is 0.0728. The van der Waals surface area contributed by atoms with Crippen molar-refractivity contribution in [2.45, 2.75) is 20.1 Å². The molecule has 4 rings (SSSR count). The van der Waals surface area contributed by atoms with Crippen LogP contribution in [-0.2, 0) is 18.0 Å². The van der Waals surface area contributed by atoms with Gasteiger partial charge in [0, 0.05) is 10.6 Å². The van der Waals surface area contributed by atoms with Crippen molar-refractivity contribution in [3.63, 3.8) is 0 Å². The molecule has 9 heteroatoms. The van der Waals surface area contributed by atoms with E-state index in [1.54, 1.807) is 36.4 Å². The molecule has 174 valence electrons. The van der Waals surface area contributed by atoms with Crippen molar-refractivity contribution < 1.29 is 23.8 Å². The van der Waals surface area contributed by atoms with Crippen LogP contribution in [0.15, 0.2) is 59.7 Å². The molecule has 1 amide bonds. The maximum Gasteiger partial charge on any atom is 0.345 e. The Hall–Kier alpha value is -3.39. The molecule has 0 saturated carbocycles. The zero-order chi connectivity index (χ0) is 24.1. The highest BCUT2D eigenvalue weighted by atomic mass is 35.5. The number of hydrogen-bond donors (Lipinski definition) is 1. The highest BCUT2D eigenvalue weighted by Crippen LogP contribution is 2.30. The molecule has 0 aliphatic carbocycles. The third kappa shape index (κ3) is 5.56. The minimum absolute atomic E-state index is 0.181. The molecule has 0 fully saturated rings. The minimum atomic E-state index is -0.643. The molecule has 1 N–H and O–H groups in total. The lowest BCUT2D eigenvalue weighted by atomic mass is 10.1. The summed E-state index contributed by atoms with van der Waals surface area (Å²) in [6.07, 6.45) is 1.47. The number of esters is 1. The van der Waals surface area contributed by atoms with Gasteiger partial charge >= 0.3 is 5.97 Å². The molecule has 0 bridgehead atoms. The van der Waals surface area contributed by atoms with E-state index in [-0.39, 0.29) is 22.2 Å². The van der Waals surface area contributed by atoms with Crippen LogP contribution in [0.3, 0.4) is 0 Å². The predicted octanol–water partition coefficient (Wildman–Crippen LogP) is 5.41. The number of carbonyl (C=O) groups excluding carboxylic acids is 2. The van der Waals surface area contributed by atoms with Crippen LogP contribution in [0.2, 0.25) is 10.0 Å². The summed E-state index contributed by atoms with van der Waals surface area (Å²) in [5.74, 6) is -0.410. The van der Waals surface area contributed by atoms with Crippen molar-refractivity contribution in [2.24, 2.45) is 5.10 Å². The first-order valence-electron chi connectivity index (χ1n) is 10.4. The van der Waals surface area contributed by atoms with E-state index < -0.39 is 5.97 Å². The number of nitrogens with zero attached hydrogens (tertiary/aromatic N) is 1. The Kier molecular flexibility index (Phi) is 7.47. The summed E-state index contributed by atoms with van der Waals surface area (Å²) in [5.41, 5.74) is 5.91. The average Bonchev–Trinajstić information content (AvgIpc) is 3.28. The zero-order valence-electron chi connectivity index (χ0n) is 18.1. The van der Waals surface area contributed by atoms with E-state index in [4.69, 9.17) is 37.4 Å². The number of ether oxygens (including phenoxy) is 3. The van der Waals surface area contributed by atoms with Gasteiger partial charge in [-0.1, -0.05) is 29.3 Å². The van der Waals surface area contributed by atoms with Crippen LogP contribution in [0.25, 0.3) is 0 Å². The fourth-order valence-electron chi connectivity index (χ4n) is 3.31. The van der Waals surface area contributed by atoms with Gasteiger partial charge in [-0.25, -0.2) is 10.2 Å². The SMILES string of the molecule is CCOc1cc(C=NNC(=O)c2ccc3c(c2)COC3)ccc1OC(=O)c1ccc(Cl)cc1Cl. The second kappa shape index (κ2) is 10.7. The summed E-state index contributed by atoms with van der Waals surface area (Å²) >= 11 is 12.0. The van der Waals surface area contributed by atoms with Crippen LogP contribution >= 0.6 is 23.2 Å². The molecule has 34 heavy (non-hydrogen) atoms. The molecule has 0 unspecified atom stereocenters. The van der Waals surface area contributed by atoms with Crippen LogP contribution in [0.1, 0.15) is 44.3 Å². The van der Waals surface area contributed by atoms with E-state index in [2.05, 4.69) is 10.5 Å². The first kappa shape index (κ1) is 23.8. The van der Waals surface area contributed by atoms with Crippen LogP contribution in [-0.4, -0.2) is 24.7 Å². The van der Waals surface area contributed by atoms with Gasteiger partial charge in [-0.2, -0.15) is 5.10 Å². The van der Waals surface area contributed by atoms with Crippen molar-refractivity contribution in [1.29, 1.82) is 0 Å². The topological polar surface area (TPSA) is 86.2 Å². The standard InChI is InChI=1S/C25H20Cl2N2O5/c1-2-33-23-9-15(3-8-22(23)34-25(31)20-7-6-19(26)11-21(20)27)12-28-29-24(30)16-4-5-17-13-32-14-18(17)10-16/h3-12H,2,13-14H2,1H3,(H,29,30). The highest BCUT2D eigenvalue weighted by Gasteiger charge is 2.17. The normalized spacial score (nSPS) is 12.4. The van der Waals surface area contributed by atoms with Gasteiger partial charge < -0.3 is 14.2 Å². The molecule has 1 heterocycles. The fraction of sp³-hybridized carbons (Fsp3) is 0.160. The van der Waals surface area contributed by atoms with E-state index in [1.807, 2.05) is 13.0 Å². The van der Waals surface area contributed by atoms with E-state index in [0.29, 0.717) is 41.7 Å². The Morgan fingerprint density at radius 1 is 1.03 bits per heavy atom. The smallest absolute Gasteiger partial charge is 0.345 e. The fourth-order valence-corrected chi connectivity index (χ4v) is 3.80. The molecule has 0 saturated heterocycles. The molecule has 3 aromatic carbocycles. The van der Waals surface area contributed by atoms with Gasteiger partial charge in [-0.3, -0.25) is 4.79 Å². The van der Waals surface area contributed by atoms with Gasteiger partial charge in [0.15, 0.2) is 11.5 Å². The Bertz CT molecular complexity index is 1280. The van der Waals surface area contributed by atoms with Gasteiger partial charge in [0.25, 0.3) is 5.91 Å². The molecule has 1 aliphatic rings. The number of amides is 1. The number of halogens is 2. The molecule has 0 radical (unpaired) electrons. The molecule has 1 aliphatic heterocycles. The first-order chi connectivity index (χ1) is 16.4. The number of fused-ring (bicyclic) bond motifs is 1.